The Morgan fingerprint density at radius 2 is 1.63 bits per heavy atom. The van der Waals surface area contributed by atoms with Gasteiger partial charge in [-0.2, -0.15) is 0 Å². The van der Waals surface area contributed by atoms with Crippen LogP contribution >= 0.6 is 7.82 Å². The summed E-state index contributed by atoms with van der Waals surface area (Å²) in [6.45, 7) is 12.2. The van der Waals surface area contributed by atoms with Crippen LogP contribution in [0.1, 0.15) is 41.5 Å². The lowest BCUT2D eigenvalue weighted by molar-refractivity contribution is 0.0985. The van der Waals surface area contributed by atoms with Crippen molar-refractivity contribution in [3.05, 3.63) is 55.0 Å². The monoisotopic (exact) mass is 437 g/mol. The predicted molar refractivity (Wildman–Crippen MR) is 123 cm³/mol. The van der Waals surface area contributed by atoms with Crippen LogP contribution in [0.25, 0.3) is 10.9 Å². The van der Waals surface area contributed by atoms with Crippen LogP contribution < -0.4 is 0 Å². The van der Waals surface area contributed by atoms with Gasteiger partial charge in [0.1, 0.15) is 0 Å². The van der Waals surface area contributed by atoms with E-state index in [2.05, 4.69) is 69.3 Å². The summed E-state index contributed by atoms with van der Waals surface area (Å²) in [5.41, 5.74) is 1.06. The Bertz CT molecular complexity index is 749. The largest absolute Gasteiger partial charge is 0.472 e. The van der Waals surface area contributed by atoms with E-state index in [4.69, 9.17) is 4.89 Å². The summed E-state index contributed by atoms with van der Waals surface area (Å²) in [7, 11) is -1.71. The first-order chi connectivity index (χ1) is 14.1. The summed E-state index contributed by atoms with van der Waals surface area (Å²) in [4.78, 5) is 17.6. The van der Waals surface area contributed by atoms with Crippen molar-refractivity contribution in [2.75, 3.05) is 13.6 Å². The highest BCUT2D eigenvalue weighted by Gasteiger charge is 2.23. The first kappa shape index (κ1) is 26.1. The summed E-state index contributed by atoms with van der Waals surface area (Å²) in [5, 5.41) is 1.20. The minimum atomic E-state index is -3.80. The number of nitrogens with zero attached hydrogens (tertiary/aromatic N) is 3. The summed E-state index contributed by atoms with van der Waals surface area (Å²) in [6.07, 6.45) is 5.99. The highest BCUT2D eigenvalue weighted by Crippen LogP contribution is 2.45. The fourth-order valence-electron chi connectivity index (χ4n) is 2.62. The highest BCUT2D eigenvalue weighted by atomic mass is 31.2. The second kappa shape index (κ2) is 12.7. The number of aromatic nitrogens is 1. The molecule has 1 aliphatic rings. The molecule has 1 atom stereocenters. The van der Waals surface area contributed by atoms with Gasteiger partial charge in [-0.05, 0) is 53.7 Å². The molecule has 0 spiro atoms. The van der Waals surface area contributed by atoms with Gasteiger partial charge in [0.15, 0.2) is 0 Å². The molecule has 0 aliphatic carbocycles. The molecule has 2 heterocycles. The Morgan fingerprint density at radius 3 is 2.07 bits per heavy atom. The molecule has 3 rings (SSSR count). The maximum absolute atomic E-state index is 10.9. The van der Waals surface area contributed by atoms with Crippen molar-refractivity contribution in [1.29, 1.82) is 0 Å². The molecule has 0 saturated heterocycles. The van der Waals surface area contributed by atoms with Crippen molar-refractivity contribution >= 4 is 18.7 Å². The second-order valence-electron chi connectivity index (χ2n) is 7.40. The minimum Gasteiger partial charge on any atom is -0.359 e. The van der Waals surface area contributed by atoms with Crippen LogP contribution in [0.15, 0.2) is 55.0 Å². The average molecular weight is 438 g/mol. The van der Waals surface area contributed by atoms with Gasteiger partial charge in [0, 0.05) is 37.6 Å². The zero-order chi connectivity index (χ0) is 22.7. The van der Waals surface area contributed by atoms with E-state index in [0.717, 1.165) is 12.1 Å². The normalized spacial score (nSPS) is 15.9. The number of benzene rings is 1. The Labute approximate surface area is 180 Å². The number of phosphoric ester groups is 1. The average Bonchev–Trinajstić information content (AvgIpc) is 2.99. The van der Waals surface area contributed by atoms with Crippen LogP contribution in [0.5, 0.6) is 0 Å². The molecule has 0 bridgehead atoms. The fraction of sp³-hybridized carbons (Fsp3) is 0.500. The maximum atomic E-state index is 10.9. The van der Waals surface area contributed by atoms with Crippen LogP contribution in [-0.2, 0) is 13.6 Å². The lowest BCUT2D eigenvalue weighted by Gasteiger charge is -2.25. The summed E-state index contributed by atoms with van der Waals surface area (Å²) >= 11 is 0. The van der Waals surface area contributed by atoms with E-state index >= 15 is 0 Å². The number of pyridine rings is 1. The molecule has 8 heteroatoms. The molecule has 1 aromatic heterocycles. The molecule has 0 fully saturated rings. The fourth-order valence-corrected chi connectivity index (χ4v) is 3.73. The molecule has 7 nitrogen and oxygen atoms in total. The molecule has 1 N–H and O–H groups in total. The number of hydrogen-bond acceptors (Lipinski definition) is 6. The van der Waals surface area contributed by atoms with E-state index in [9.17, 15) is 4.57 Å². The van der Waals surface area contributed by atoms with Gasteiger partial charge in [0.05, 0.1) is 23.9 Å². The lowest BCUT2D eigenvalue weighted by Crippen LogP contribution is -2.33. The third kappa shape index (κ3) is 9.72. The molecule has 0 amide bonds. The number of phosphoric acid groups is 1. The molecule has 1 aliphatic heterocycles. The van der Waals surface area contributed by atoms with Gasteiger partial charge in [0.2, 0.25) is 0 Å². The topological polar surface area (TPSA) is 75.1 Å². The molecule has 0 radical (unpaired) electrons. The Kier molecular flexibility index (Phi) is 11.1. The van der Waals surface area contributed by atoms with Gasteiger partial charge in [-0.25, -0.2) is 4.57 Å². The van der Waals surface area contributed by atoms with E-state index in [1.807, 2.05) is 30.5 Å². The molecular formula is C22H36N3O4P. The standard InChI is InChI=1S/C9H7N.C7H14N2.C6H15O4P/c1-2-6-9-8(4-1)5-3-7-10-9;1-4-9-6-5-8(3)7(9)2;1-5(2)9-11(7,8)10-6(3)4/h1-7H;5-7H,4H2,1-3H3;5-6H,1-4H3,(H,7,8). The highest BCUT2D eigenvalue weighted by molar-refractivity contribution is 7.47. The van der Waals surface area contributed by atoms with E-state index in [-0.39, 0.29) is 12.2 Å². The number of para-hydroxylation sites is 1. The van der Waals surface area contributed by atoms with Gasteiger partial charge in [-0.3, -0.25) is 14.0 Å². The van der Waals surface area contributed by atoms with Crippen molar-refractivity contribution in [3.63, 3.8) is 0 Å². The summed E-state index contributed by atoms with van der Waals surface area (Å²) in [5.74, 6) is 0. The Morgan fingerprint density at radius 1 is 1.07 bits per heavy atom. The molecule has 2 aromatic rings. The van der Waals surface area contributed by atoms with Crippen LogP contribution in [0.3, 0.4) is 0 Å². The summed E-state index contributed by atoms with van der Waals surface area (Å²) < 4.78 is 20.2. The van der Waals surface area contributed by atoms with Gasteiger partial charge in [0.25, 0.3) is 0 Å². The SMILES string of the molecule is CC(C)OP(=O)(O)OC(C)C.CCN1C=CN(C)C1C.c1ccc2ncccc2c1. The van der Waals surface area contributed by atoms with E-state index in [0.29, 0.717) is 6.17 Å². The molecule has 30 heavy (non-hydrogen) atoms. The van der Waals surface area contributed by atoms with E-state index < -0.39 is 7.82 Å². The van der Waals surface area contributed by atoms with Crippen molar-refractivity contribution in [2.24, 2.45) is 0 Å². The van der Waals surface area contributed by atoms with Gasteiger partial charge < -0.3 is 14.7 Å². The van der Waals surface area contributed by atoms with E-state index in [1.165, 1.54) is 5.39 Å². The molecule has 0 saturated carbocycles. The smallest absolute Gasteiger partial charge is 0.359 e. The third-order valence-corrected chi connectivity index (χ3v) is 5.50. The zero-order valence-corrected chi connectivity index (χ0v) is 20.0. The molecule has 168 valence electrons. The van der Waals surface area contributed by atoms with E-state index in [1.54, 1.807) is 27.7 Å². The van der Waals surface area contributed by atoms with Crippen LogP contribution in [-0.4, -0.2) is 51.6 Å². The molecule has 1 aromatic carbocycles. The van der Waals surface area contributed by atoms with Crippen molar-refractivity contribution in [1.82, 2.24) is 14.8 Å². The van der Waals surface area contributed by atoms with Crippen molar-refractivity contribution in [3.8, 4) is 0 Å². The first-order valence-corrected chi connectivity index (χ1v) is 11.7. The Hall–Kier alpha value is -1.92. The number of fused-ring (bicyclic) bond motifs is 1. The first-order valence-electron chi connectivity index (χ1n) is 10.2. The Balaban J connectivity index is 0.000000226. The van der Waals surface area contributed by atoms with Gasteiger partial charge >= 0.3 is 7.82 Å². The van der Waals surface area contributed by atoms with Crippen LogP contribution in [0.4, 0.5) is 0 Å². The van der Waals surface area contributed by atoms with Gasteiger partial charge in [-0.1, -0.05) is 24.3 Å². The predicted octanol–water partition coefficient (Wildman–Crippen LogP) is 5.24. The van der Waals surface area contributed by atoms with Crippen LogP contribution in [0, 0.1) is 0 Å². The summed E-state index contributed by atoms with van der Waals surface area (Å²) in [6, 6.07) is 12.1. The lowest BCUT2D eigenvalue weighted by atomic mass is 10.2. The van der Waals surface area contributed by atoms with Crippen LogP contribution in [0.2, 0.25) is 0 Å². The zero-order valence-electron chi connectivity index (χ0n) is 19.1. The number of hydrogen-bond donors (Lipinski definition) is 1. The van der Waals surface area contributed by atoms with Crippen molar-refractivity contribution in [2.45, 2.75) is 59.9 Å². The molecule has 1 unspecified atom stereocenters. The molecular weight excluding hydrogens is 401 g/mol. The minimum absolute atomic E-state index is 0.301. The second-order valence-corrected chi connectivity index (χ2v) is 8.76. The number of rotatable bonds is 5. The maximum Gasteiger partial charge on any atom is 0.472 e. The quantitative estimate of drug-likeness (QED) is 0.641. The van der Waals surface area contributed by atoms with Gasteiger partial charge in [-0.15, -0.1) is 0 Å². The third-order valence-electron chi connectivity index (χ3n) is 4.13. The van der Waals surface area contributed by atoms with Crippen molar-refractivity contribution < 1.29 is 18.5 Å².